The highest BCUT2D eigenvalue weighted by atomic mass is 28.4. The second kappa shape index (κ2) is 6.12. The van der Waals surface area contributed by atoms with E-state index in [1.54, 1.807) is 0 Å². The first kappa shape index (κ1) is 20.0. The van der Waals surface area contributed by atoms with Gasteiger partial charge in [0, 0.05) is 24.2 Å². The molecule has 4 rings (SSSR count). The van der Waals surface area contributed by atoms with Gasteiger partial charge in [-0.15, -0.1) is 0 Å². The van der Waals surface area contributed by atoms with Gasteiger partial charge in [-0.1, -0.05) is 19.4 Å². The Kier molecular flexibility index (Phi) is 4.38. The Morgan fingerprint density at radius 2 is 1.86 bits per heavy atom. The van der Waals surface area contributed by atoms with Crippen LogP contribution in [0.2, 0.25) is 19.6 Å². The highest BCUT2D eigenvalue weighted by molar-refractivity contribution is 6.69. The minimum absolute atomic E-state index is 0.0000458. The van der Waals surface area contributed by atoms with Crippen LogP contribution in [-0.4, -0.2) is 25.5 Å². The van der Waals surface area contributed by atoms with E-state index in [0.29, 0.717) is 30.5 Å². The number of carbonyl (C=O) groups is 2. The van der Waals surface area contributed by atoms with Gasteiger partial charge in [0.1, 0.15) is 11.4 Å². The minimum Gasteiger partial charge on any atom is -0.399 e. The van der Waals surface area contributed by atoms with Crippen molar-refractivity contribution in [3.8, 4) is 6.07 Å². The first-order chi connectivity index (χ1) is 13.0. The molecular formula is C23H33NO3Si. The molecule has 0 aromatic carbocycles. The van der Waals surface area contributed by atoms with Gasteiger partial charge < -0.3 is 4.43 Å². The molecule has 4 aliphatic carbocycles. The quantitative estimate of drug-likeness (QED) is 0.625. The van der Waals surface area contributed by atoms with E-state index in [1.165, 1.54) is 5.57 Å². The van der Waals surface area contributed by atoms with Crippen LogP contribution >= 0.6 is 0 Å². The topological polar surface area (TPSA) is 67.2 Å². The number of fused-ring (bicyclic) bond motifs is 5. The van der Waals surface area contributed by atoms with Crippen molar-refractivity contribution in [3.63, 3.8) is 0 Å². The molecule has 0 saturated heterocycles. The van der Waals surface area contributed by atoms with Gasteiger partial charge in [0.25, 0.3) is 0 Å². The first-order valence-corrected chi connectivity index (χ1v) is 14.2. The van der Waals surface area contributed by atoms with E-state index < -0.39 is 19.3 Å². The van der Waals surface area contributed by atoms with Crippen molar-refractivity contribution in [2.75, 3.05) is 0 Å². The molecule has 0 spiro atoms. The molecule has 5 heteroatoms. The van der Waals surface area contributed by atoms with Crippen LogP contribution in [0.15, 0.2) is 11.6 Å². The first-order valence-electron chi connectivity index (χ1n) is 10.8. The zero-order chi connectivity index (χ0) is 20.5. The molecule has 6 atom stereocenters. The molecule has 0 heterocycles. The Bertz CT molecular complexity index is 806. The van der Waals surface area contributed by atoms with E-state index in [4.69, 9.17) is 4.43 Å². The Labute approximate surface area is 169 Å². The Morgan fingerprint density at radius 1 is 1.14 bits per heavy atom. The molecule has 0 amide bonds. The molecular weight excluding hydrogens is 366 g/mol. The molecule has 0 N–H and O–H groups in total. The van der Waals surface area contributed by atoms with Crippen molar-refractivity contribution in [3.05, 3.63) is 11.6 Å². The minimum atomic E-state index is -1.94. The lowest BCUT2D eigenvalue weighted by molar-refractivity contribution is -0.152. The van der Waals surface area contributed by atoms with Crippen molar-refractivity contribution >= 4 is 19.9 Å². The lowest BCUT2D eigenvalue weighted by Gasteiger charge is -2.58. The summed E-state index contributed by atoms with van der Waals surface area (Å²) in [5.41, 5.74) is -0.206. The number of nitrogens with zero attached hydrogens (tertiary/aromatic N) is 1. The second-order valence-electron chi connectivity index (χ2n) is 11.1. The highest BCUT2D eigenvalue weighted by Gasteiger charge is 2.68. The summed E-state index contributed by atoms with van der Waals surface area (Å²) in [7, 11) is -1.94. The van der Waals surface area contributed by atoms with Crippen LogP contribution in [-0.2, 0) is 14.0 Å². The van der Waals surface area contributed by atoms with Gasteiger partial charge >= 0.3 is 0 Å². The molecule has 3 saturated carbocycles. The molecule has 0 bridgehead atoms. The van der Waals surface area contributed by atoms with E-state index in [2.05, 4.69) is 39.6 Å². The average molecular weight is 400 g/mol. The third-order valence-corrected chi connectivity index (χ3v) is 9.40. The van der Waals surface area contributed by atoms with Gasteiger partial charge in [-0.2, -0.15) is 5.26 Å². The van der Waals surface area contributed by atoms with Crippen molar-refractivity contribution in [1.29, 1.82) is 5.26 Å². The summed E-state index contributed by atoms with van der Waals surface area (Å²) < 4.78 is 6.55. The van der Waals surface area contributed by atoms with Crippen LogP contribution in [0.5, 0.6) is 0 Å². The molecule has 3 fully saturated rings. The molecule has 4 nitrogen and oxygen atoms in total. The SMILES string of the molecule is C[C@]12CCC(=O)C=C1CC[C@@H]1[C@H]2C(=O)C[C@@]2(C)[C@H]1CC[C@@]2(C#N)O[Si](C)(C)C. The van der Waals surface area contributed by atoms with Gasteiger partial charge in [0.05, 0.1) is 6.07 Å². The molecule has 0 aromatic heterocycles. The molecule has 0 aliphatic heterocycles. The number of hydrogen-bond donors (Lipinski definition) is 0. The maximum absolute atomic E-state index is 13.6. The highest BCUT2D eigenvalue weighted by Crippen LogP contribution is 2.67. The number of rotatable bonds is 2. The predicted molar refractivity (Wildman–Crippen MR) is 110 cm³/mol. The number of carbonyl (C=O) groups excluding carboxylic acids is 2. The molecule has 0 unspecified atom stereocenters. The maximum Gasteiger partial charge on any atom is 0.185 e. The molecule has 28 heavy (non-hydrogen) atoms. The van der Waals surface area contributed by atoms with E-state index in [1.807, 2.05) is 6.08 Å². The lowest BCUT2D eigenvalue weighted by Crippen LogP contribution is -2.60. The Hall–Kier alpha value is -1.25. The Balaban J connectivity index is 1.74. The van der Waals surface area contributed by atoms with Crippen LogP contribution in [0, 0.1) is 39.9 Å². The van der Waals surface area contributed by atoms with E-state index in [-0.39, 0.29) is 17.1 Å². The number of allylic oxidation sites excluding steroid dienone is 1. The maximum atomic E-state index is 13.6. The predicted octanol–water partition coefficient (Wildman–Crippen LogP) is 4.81. The normalized spacial score (nSPS) is 45.6. The lowest BCUT2D eigenvalue weighted by atomic mass is 9.46. The number of nitriles is 1. The number of hydrogen-bond acceptors (Lipinski definition) is 4. The largest absolute Gasteiger partial charge is 0.399 e. The summed E-state index contributed by atoms with van der Waals surface area (Å²) in [6.07, 6.45) is 7.21. The van der Waals surface area contributed by atoms with Gasteiger partial charge in [-0.25, -0.2) is 0 Å². The molecule has 4 aliphatic rings. The van der Waals surface area contributed by atoms with Crippen LogP contribution in [0.25, 0.3) is 0 Å². The standard InChI is InChI=1S/C23H33NO3Si/c1-21-10-8-16(25)12-15(21)6-7-17-18-9-11-23(14-24,27-28(3,4)5)22(18,2)13-19(26)20(17)21/h12,17-18,20H,6-11,13H2,1-5H3/t17-,18-,20-,21-,22-,23-/m0/s1. The fourth-order valence-corrected chi connectivity index (χ4v) is 8.69. The fraction of sp³-hybridized carbons (Fsp3) is 0.783. The second-order valence-corrected chi connectivity index (χ2v) is 15.5. The summed E-state index contributed by atoms with van der Waals surface area (Å²) in [5, 5.41) is 10.2. The van der Waals surface area contributed by atoms with E-state index in [9.17, 15) is 14.9 Å². The van der Waals surface area contributed by atoms with Crippen LogP contribution in [0.3, 0.4) is 0 Å². The van der Waals surface area contributed by atoms with Crippen molar-refractivity contribution < 1.29 is 14.0 Å². The summed E-state index contributed by atoms with van der Waals surface area (Å²) in [5.74, 6) is 1.17. The molecule has 0 aromatic rings. The third kappa shape index (κ3) is 2.64. The van der Waals surface area contributed by atoms with Crippen molar-refractivity contribution in [2.45, 2.75) is 84.0 Å². The molecule has 0 radical (unpaired) electrons. The Morgan fingerprint density at radius 3 is 2.50 bits per heavy atom. The van der Waals surface area contributed by atoms with Gasteiger partial charge in [0.2, 0.25) is 0 Å². The van der Waals surface area contributed by atoms with Crippen molar-refractivity contribution in [1.82, 2.24) is 0 Å². The van der Waals surface area contributed by atoms with E-state index in [0.717, 1.165) is 32.1 Å². The van der Waals surface area contributed by atoms with Gasteiger partial charge in [0.15, 0.2) is 14.1 Å². The fourth-order valence-electron chi connectivity index (χ4n) is 7.27. The molecule has 152 valence electrons. The summed E-state index contributed by atoms with van der Waals surface area (Å²) >= 11 is 0. The van der Waals surface area contributed by atoms with Crippen molar-refractivity contribution in [2.24, 2.45) is 28.6 Å². The van der Waals surface area contributed by atoms with E-state index >= 15 is 0 Å². The number of Topliss-reactive ketones (excluding diaryl/α,β-unsaturated/α-hetero) is 1. The summed E-state index contributed by atoms with van der Waals surface area (Å²) in [6.45, 7) is 10.8. The van der Waals surface area contributed by atoms with Crippen LogP contribution in [0.4, 0.5) is 0 Å². The zero-order valence-electron chi connectivity index (χ0n) is 17.9. The average Bonchev–Trinajstić information content (AvgIpc) is 2.86. The smallest absolute Gasteiger partial charge is 0.185 e. The van der Waals surface area contributed by atoms with Gasteiger partial charge in [-0.05, 0) is 75.1 Å². The summed E-state index contributed by atoms with van der Waals surface area (Å²) in [6, 6.07) is 2.57. The zero-order valence-corrected chi connectivity index (χ0v) is 18.9. The van der Waals surface area contributed by atoms with Gasteiger partial charge in [-0.3, -0.25) is 9.59 Å². The monoisotopic (exact) mass is 399 g/mol. The van der Waals surface area contributed by atoms with Crippen LogP contribution < -0.4 is 0 Å². The summed E-state index contributed by atoms with van der Waals surface area (Å²) in [4.78, 5) is 25.6. The third-order valence-electron chi connectivity index (χ3n) is 8.44. The number of ketones is 2. The van der Waals surface area contributed by atoms with Crippen LogP contribution in [0.1, 0.15) is 58.8 Å².